The molecule has 0 amide bonds. The minimum Gasteiger partial charge on any atom is -0.506 e. The van der Waals surface area contributed by atoms with Crippen molar-refractivity contribution in [2.45, 2.75) is 16.6 Å². The first-order valence-corrected chi connectivity index (χ1v) is 5.36. The molecule has 1 aliphatic heterocycles. The smallest absolute Gasteiger partial charge is 0.178 e. The molecule has 0 saturated heterocycles. The molecule has 0 radical (unpaired) electrons. The van der Waals surface area contributed by atoms with E-state index in [1.54, 1.807) is 6.07 Å². The fourth-order valence-corrected chi connectivity index (χ4v) is 2.53. The predicted octanol–water partition coefficient (Wildman–Crippen LogP) is 0.178. The lowest BCUT2D eigenvalue weighted by atomic mass is 10.1. The number of rotatable bonds is 2. The number of phenols is 1. The van der Waals surface area contributed by atoms with E-state index in [0.29, 0.717) is 16.1 Å². The Hall–Kier alpha value is -0.950. The molecule has 1 heterocycles. The number of aliphatic hydroxyl groups is 2. The molecule has 0 bridgehead atoms. The summed E-state index contributed by atoms with van der Waals surface area (Å²) in [5.41, 5.74) is 5.65. The Labute approximate surface area is 90.9 Å². The van der Waals surface area contributed by atoms with Gasteiger partial charge in [0.1, 0.15) is 5.75 Å². The summed E-state index contributed by atoms with van der Waals surface area (Å²) in [6.45, 7) is 0.105. The molecule has 6 heteroatoms. The SMILES string of the molecule is NC[C@H](O)c1ccc(O)c2c1SC(O)N2. The van der Waals surface area contributed by atoms with Gasteiger partial charge < -0.3 is 26.4 Å². The van der Waals surface area contributed by atoms with E-state index in [0.717, 1.165) is 11.8 Å². The zero-order chi connectivity index (χ0) is 11.0. The van der Waals surface area contributed by atoms with Crippen molar-refractivity contribution in [3.05, 3.63) is 17.7 Å². The highest BCUT2D eigenvalue weighted by Crippen LogP contribution is 2.46. The van der Waals surface area contributed by atoms with Crippen LogP contribution in [0, 0.1) is 0 Å². The standard InChI is InChI=1S/C9H12N2O3S/c10-3-6(13)4-1-2-5(12)7-8(4)15-9(14)11-7/h1-2,6,9,11-14H,3,10H2/t6-,9?/m0/s1. The fourth-order valence-electron chi connectivity index (χ4n) is 1.51. The number of aliphatic hydroxyl groups excluding tert-OH is 2. The van der Waals surface area contributed by atoms with Crippen LogP contribution in [-0.2, 0) is 0 Å². The summed E-state index contributed by atoms with van der Waals surface area (Å²) in [6, 6.07) is 3.08. The van der Waals surface area contributed by atoms with E-state index in [2.05, 4.69) is 5.32 Å². The number of hydrogen-bond acceptors (Lipinski definition) is 6. The highest BCUT2D eigenvalue weighted by Gasteiger charge is 2.27. The molecular formula is C9H12N2O3S. The van der Waals surface area contributed by atoms with E-state index in [1.165, 1.54) is 6.07 Å². The Morgan fingerprint density at radius 1 is 1.53 bits per heavy atom. The third-order valence-corrected chi connectivity index (χ3v) is 3.26. The molecule has 15 heavy (non-hydrogen) atoms. The molecule has 1 aliphatic rings. The molecule has 0 saturated carbocycles. The van der Waals surface area contributed by atoms with Crippen molar-refractivity contribution < 1.29 is 15.3 Å². The van der Waals surface area contributed by atoms with Gasteiger partial charge in [0, 0.05) is 11.4 Å². The maximum absolute atomic E-state index is 9.64. The molecule has 0 aromatic heterocycles. The van der Waals surface area contributed by atoms with Crippen LogP contribution in [-0.4, -0.2) is 27.4 Å². The molecule has 82 valence electrons. The Bertz CT molecular complexity index is 386. The normalized spacial score (nSPS) is 20.9. The van der Waals surface area contributed by atoms with Crippen molar-refractivity contribution in [3.63, 3.8) is 0 Å². The molecule has 1 aromatic rings. The second-order valence-electron chi connectivity index (χ2n) is 3.24. The van der Waals surface area contributed by atoms with Gasteiger partial charge in [-0.3, -0.25) is 0 Å². The number of phenolic OH excluding ortho intramolecular Hbond substituents is 1. The van der Waals surface area contributed by atoms with Gasteiger partial charge in [0.15, 0.2) is 5.56 Å². The lowest BCUT2D eigenvalue weighted by molar-refractivity contribution is 0.184. The summed E-state index contributed by atoms with van der Waals surface area (Å²) in [5, 5.41) is 31.3. The van der Waals surface area contributed by atoms with Crippen molar-refractivity contribution in [1.29, 1.82) is 0 Å². The monoisotopic (exact) mass is 228 g/mol. The number of benzene rings is 1. The van der Waals surface area contributed by atoms with Gasteiger partial charge in [-0.15, -0.1) is 0 Å². The fraction of sp³-hybridized carbons (Fsp3) is 0.333. The summed E-state index contributed by atoms with van der Waals surface area (Å²) in [4.78, 5) is 0.653. The third kappa shape index (κ3) is 1.76. The summed E-state index contributed by atoms with van der Waals surface area (Å²) >= 11 is 1.14. The number of anilines is 1. The third-order valence-electron chi connectivity index (χ3n) is 2.25. The van der Waals surface area contributed by atoms with Crippen LogP contribution in [0.2, 0.25) is 0 Å². The van der Waals surface area contributed by atoms with Gasteiger partial charge in [-0.05, 0) is 11.6 Å². The number of nitrogens with two attached hydrogens (primary N) is 1. The van der Waals surface area contributed by atoms with Crippen LogP contribution in [0.4, 0.5) is 5.69 Å². The predicted molar refractivity (Wildman–Crippen MR) is 57.6 cm³/mol. The van der Waals surface area contributed by atoms with E-state index in [4.69, 9.17) is 5.73 Å². The molecule has 1 aromatic carbocycles. The lowest BCUT2D eigenvalue weighted by Gasteiger charge is -2.12. The van der Waals surface area contributed by atoms with E-state index in [1.807, 2.05) is 0 Å². The number of fused-ring (bicyclic) bond motifs is 1. The summed E-state index contributed by atoms with van der Waals surface area (Å²) in [7, 11) is 0. The quantitative estimate of drug-likeness (QED) is 0.463. The first-order valence-electron chi connectivity index (χ1n) is 4.48. The Balaban J connectivity index is 2.47. The van der Waals surface area contributed by atoms with Crippen molar-refractivity contribution in [1.82, 2.24) is 0 Å². The topological polar surface area (TPSA) is 98.7 Å². The molecule has 0 spiro atoms. The lowest BCUT2D eigenvalue weighted by Crippen LogP contribution is -2.12. The van der Waals surface area contributed by atoms with Crippen LogP contribution in [0.25, 0.3) is 0 Å². The van der Waals surface area contributed by atoms with Crippen LogP contribution in [0.3, 0.4) is 0 Å². The maximum atomic E-state index is 9.64. The molecular weight excluding hydrogens is 216 g/mol. The summed E-state index contributed by atoms with van der Waals surface area (Å²) < 4.78 is 0. The van der Waals surface area contributed by atoms with Gasteiger partial charge in [-0.1, -0.05) is 17.8 Å². The first-order chi connectivity index (χ1) is 7.13. The number of nitrogens with one attached hydrogen (secondary N) is 1. The molecule has 0 fully saturated rings. The molecule has 1 unspecified atom stereocenters. The minimum atomic E-state index is -0.794. The van der Waals surface area contributed by atoms with Gasteiger partial charge in [0.25, 0.3) is 0 Å². The van der Waals surface area contributed by atoms with Crippen LogP contribution in [0.15, 0.2) is 17.0 Å². The second kappa shape index (κ2) is 3.90. The van der Waals surface area contributed by atoms with Crippen LogP contribution in [0.1, 0.15) is 11.7 Å². The Kier molecular flexibility index (Phi) is 2.74. The summed E-state index contributed by atoms with van der Waals surface area (Å²) in [5.74, 6) is 0.0574. The zero-order valence-electron chi connectivity index (χ0n) is 7.84. The number of aromatic hydroxyl groups is 1. The van der Waals surface area contributed by atoms with E-state index < -0.39 is 11.7 Å². The second-order valence-corrected chi connectivity index (χ2v) is 4.33. The van der Waals surface area contributed by atoms with Gasteiger partial charge in [0.2, 0.25) is 0 Å². The highest BCUT2D eigenvalue weighted by molar-refractivity contribution is 8.00. The zero-order valence-corrected chi connectivity index (χ0v) is 8.66. The Morgan fingerprint density at radius 3 is 2.93 bits per heavy atom. The van der Waals surface area contributed by atoms with Crippen LogP contribution >= 0.6 is 11.8 Å². The summed E-state index contributed by atoms with van der Waals surface area (Å²) in [6.07, 6.45) is -0.779. The van der Waals surface area contributed by atoms with Crippen molar-refractivity contribution in [3.8, 4) is 5.75 Å². The van der Waals surface area contributed by atoms with E-state index in [9.17, 15) is 15.3 Å². The van der Waals surface area contributed by atoms with Gasteiger partial charge >= 0.3 is 0 Å². The molecule has 2 rings (SSSR count). The van der Waals surface area contributed by atoms with Crippen LogP contribution < -0.4 is 11.1 Å². The van der Waals surface area contributed by atoms with E-state index >= 15 is 0 Å². The van der Waals surface area contributed by atoms with Crippen molar-refractivity contribution >= 4 is 17.4 Å². The largest absolute Gasteiger partial charge is 0.506 e. The van der Waals surface area contributed by atoms with Crippen molar-refractivity contribution in [2.75, 3.05) is 11.9 Å². The van der Waals surface area contributed by atoms with Crippen LogP contribution in [0.5, 0.6) is 5.75 Å². The number of thioether (sulfide) groups is 1. The van der Waals surface area contributed by atoms with Crippen molar-refractivity contribution in [2.24, 2.45) is 5.73 Å². The van der Waals surface area contributed by atoms with Gasteiger partial charge in [-0.25, -0.2) is 0 Å². The highest BCUT2D eigenvalue weighted by atomic mass is 32.2. The first kappa shape index (κ1) is 10.6. The Morgan fingerprint density at radius 2 is 2.27 bits per heavy atom. The number of hydrogen-bond donors (Lipinski definition) is 5. The maximum Gasteiger partial charge on any atom is 0.178 e. The average molecular weight is 228 g/mol. The molecule has 2 atom stereocenters. The molecule has 5 nitrogen and oxygen atoms in total. The van der Waals surface area contributed by atoms with Gasteiger partial charge in [0.05, 0.1) is 11.8 Å². The molecule has 6 N–H and O–H groups in total. The van der Waals surface area contributed by atoms with E-state index in [-0.39, 0.29) is 12.3 Å². The van der Waals surface area contributed by atoms with Gasteiger partial charge in [-0.2, -0.15) is 0 Å². The molecule has 0 aliphatic carbocycles. The average Bonchev–Trinajstić information content (AvgIpc) is 2.60. The minimum absolute atomic E-state index is 0.0574.